The van der Waals surface area contributed by atoms with E-state index in [1.54, 1.807) is 0 Å². The van der Waals surface area contributed by atoms with Crippen molar-refractivity contribution >= 4 is 0 Å². The summed E-state index contributed by atoms with van der Waals surface area (Å²) in [6, 6.07) is 0. The molecule has 2 heterocycles. The fourth-order valence-electron chi connectivity index (χ4n) is 1.33. The minimum absolute atomic E-state index is 0.207. The quantitative estimate of drug-likeness (QED) is 0.774. The van der Waals surface area contributed by atoms with Gasteiger partial charge in [-0.2, -0.15) is 0 Å². The molecule has 1 unspecified atom stereocenters. The van der Waals surface area contributed by atoms with Crippen LogP contribution in [0, 0.1) is 0 Å². The van der Waals surface area contributed by atoms with Gasteiger partial charge in [0.1, 0.15) is 0 Å². The maximum Gasteiger partial charge on any atom is 0.247 e. The molecule has 6 heteroatoms. The number of nitrogens with one attached hydrogen (secondary N) is 1. The molecule has 1 aromatic rings. The van der Waals surface area contributed by atoms with E-state index in [0.717, 1.165) is 6.54 Å². The van der Waals surface area contributed by atoms with Crippen LogP contribution in [0.4, 0.5) is 0 Å². The van der Waals surface area contributed by atoms with Crippen LogP contribution in [-0.4, -0.2) is 36.6 Å². The van der Waals surface area contributed by atoms with Crippen molar-refractivity contribution in [3.8, 4) is 0 Å². The number of ether oxygens (including phenoxy) is 2. The average Bonchev–Trinajstić information content (AvgIpc) is 2.76. The molecule has 0 saturated carbocycles. The highest BCUT2D eigenvalue weighted by Crippen LogP contribution is 2.18. The Morgan fingerprint density at radius 3 is 3.07 bits per heavy atom. The summed E-state index contributed by atoms with van der Waals surface area (Å²) < 4.78 is 16.1. The molecule has 1 fully saturated rings. The van der Waals surface area contributed by atoms with Gasteiger partial charge in [0.05, 0.1) is 26.4 Å². The van der Waals surface area contributed by atoms with Crippen molar-refractivity contribution in [3.05, 3.63) is 11.8 Å². The van der Waals surface area contributed by atoms with Crippen molar-refractivity contribution in [1.82, 2.24) is 15.5 Å². The Morgan fingerprint density at radius 1 is 1.40 bits per heavy atom. The molecule has 0 aromatic carbocycles. The van der Waals surface area contributed by atoms with Crippen LogP contribution in [0.2, 0.25) is 0 Å². The zero-order valence-electron chi connectivity index (χ0n) is 8.73. The van der Waals surface area contributed by atoms with Gasteiger partial charge in [-0.15, -0.1) is 10.2 Å². The predicted octanol–water partition coefficient (Wildman–Crippen LogP) is 0.267. The maximum atomic E-state index is 5.44. The number of rotatable bonds is 4. The number of nitrogens with zero attached hydrogens (tertiary/aromatic N) is 2. The lowest BCUT2D eigenvalue weighted by molar-refractivity contribution is -0.0999. The summed E-state index contributed by atoms with van der Waals surface area (Å²) in [6.45, 7) is 5.19. The Balaban J connectivity index is 1.93. The van der Waals surface area contributed by atoms with Gasteiger partial charge in [0.15, 0.2) is 6.10 Å². The second-order valence-corrected chi connectivity index (χ2v) is 3.25. The average molecular weight is 213 g/mol. The standard InChI is InChI=1S/C9H15N3O3/c1-2-10-5-8-11-12-9(15-8)7-6-13-3-4-14-7/h7,10H,2-6H2,1H3. The fraction of sp³-hybridized carbons (Fsp3) is 0.778. The topological polar surface area (TPSA) is 69.4 Å². The molecule has 1 atom stereocenters. The largest absolute Gasteiger partial charge is 0.421 e. The Morgan fingerprint density at radius 2 is 2.33 bits per heavy atom. The number of hydrogen-bond acceptors (Lipinski definition) is 6. The van der Waals surface area contributed by atoms with Crippen LogP contribution in [0.15, 0.2) is 4.42 Å². The van der Waals surface area contributed by atoms with Gasteiger partial charge < -0.3 is 19.2 Å². The lowest BCUT2D eigenvalue weighted by atomic mass is 10.3. The second kappa shape index (κ2) is 5.20. The van der Waals surface area contributed by atoms with Crippen LogP contribution in [0.25, 0.3) is 0 Å². The van der Waals surface area contributed by atoms with Crippen LogP contribution in [0.1, 0.15) is 24.8 Å². The van der Waals surface area contributed by atoms with Crippen LogP contribution in [0.5, 0.6) is 0 Å². The molecule has 1 aliphatic rings. The molecule has 84 valence electrons. The Labute approximate surface area is 88.0 Å². The predicted molar refractivity (Wildman–Crippen MR) is 51.2 cm³/mol. The van der Waals surface area contributed by atoms with E-state index >= 15 is 0 Å². The minimum Gasteiger partial charge on any atom is -0.421 e. The lowest BCUT2D eigenvalue weighted by Crippen LogP contribution is -2.22. The van der Waals surface area contributed by atoms with Crippen LogP contribution in [0.3, 0.4) is 0 Å². The Kier molecular flexibility index (Phi) is 3.65. The molecular formula is C9H15N3O3. The molecule has 1 N–H and O–H groups in total. The smallest absolute Gasteiger partial charge is 0.247 e. The molecule has 1 saturated heterocycles. The first-order valence-corrected chi connectivity index (χ1v) is 5.12. The fourth-order valence-corrected chi connectivity index (χ4v) is 1.33. The molecular weight excluding hydrogens is 198 g/mol. The van der Waals surface area contributed by atoms with Gasteiger partial charge in [-0.05, 0) is 6.54 Å². The Bertz CT molecular complexity index is 297. The molecule has 2 rings (SSSR count). The third-order valence-electron chi connectivity index (χ3n) is 2.10. The van der Waals surface area contributed by atoms with Crippen molar-refractivity contribution in [1.29, 1.82) is 0 Å². The first-order chi connectivity index (χ1) is 7.40. The van der Waals surface area contributed by atoms with Gasteiger partial charge in [-0.3, -0.25) is 0 Å². The summed E-state index contributed by atoms with van der Waals surface area (Å²) in [4.78, 5) is 0. The molecule has 15 heavy (non-hydrogen) atoms. The molecule has 1 aliphatic heterocycles. The summed E-state index contributed by atoms with van der Waals surface area (Å²) in [5, 5.41) is 11.0. The zero-order chi connectivity index (χ0) is 10.5. The zero-order valence-corrected chi connectivity index (χ0v) is 8.73. The van der Waals surface area contributed by atoms with E-state index in [1.165, 1.54) is 0 Å². The number of hydrogen-bond donors (Lipinski definition) is 1. The summed E-state index contributed by atoms with van der Waals surface area (Å²) >= 11 is 0. The monoisotopic (exact) mass is 213 g/mol. The summed E-state index contributed by atoms with van der Waals surface area (Å²) in [5.41, 5.74) is 0. The molecule has 0 spiro atoms. The molecule has 0 bridgehead atoms. The SMILES string of the molecule is CCNCc1nnc(C2COCCO2)o1. The van der Waals surface area contributed by atoms with Crippen molar-refractivity contribution in [3.63, 3.8) is 0 Å². The number of aromatic nitrogens is 2. The van der Waals surface area contributed by atoms with E-state index in [-0.39, 0.29) is 6.10 Å². The van der Waals surface area contributed by atoms with Gasteiger partial charge in [-0.25, -0.2) is 0 Å². The second-order valence-electron chi connectivity index (χ2n) is 3.25. The molecule has 1 aromatic heterocycles. The van der Waals surface area contributed by atoms with Crippen molar-refractivity contribution < 1.29 is 13.9 Å². The van der Waals surface area contributed by atoms with E-state index in [9.17, 15) is 0 Å². The highest BCUT2D eigenvalue weighted by atomic mass is 16.6. The minimum atomic E-state index is -0.207. The van der Waals surface area contributed by atoms with Crippen molar-refractivity contribution in [2.24, 2.45) is 0 Å². The van der Waals surface area contributed by atoms with Crippen LogP contribution >= 0.6 is 0 Å². The normalized spacial score (nSPS) is 21.8. The summed E-state index contributed by atoms with van der Waals surface area (Å²) in [5.74, 6) is 1.09. The molecule has 0 amide bonds. The van der Waals surface area contributed by atoms with Crippen LogP contribution < -0.4 is 5.32 Å². The van der Waals surface area contributed by atoms with Crippen LogP contribution in [-0.2, 0) is 16.0 Å². The maximum absolute atomic E-state index is 5.44. The van der Waals surface area contributed by atoms with E-state index in [0.29, 0.717) is 38.1 Å². The van der Waals surface area contributed by atoms with E-state index in [1.807, 2.05) is 6.92 Å². The molecule has 0 aliphatic carbocycles. The molecule has 0 radical (unpaired) electrons. The van der Waals surface area contributed by atoms with Gasteiger partial charge >= 0.3 is 0 Å². The van der Waals surface area contributed by atoms with Gasteiger partial charge in [0, 0.05) is 0 Å². The van der Waals surface area contributed by atoms with Crippen molar-refractivity contribution in [2.45, 2.75) is 19.6 Å². The highest BCUT2D eigenvalue weighted by Gasteiger charge is 2.22. The summed E-state index contributed by atoms with van der Waals surface area (Å²) in [6.07, 6.45) is -0.207. The first-order valence-electron chi connectivity index (χ1n) is 5.12. The van der Waals surface area contributed by atoms with E-state index < -0.39 is 0 Å². The van der Waals surface area contributed by atoms with E-state index in [4.69, 9.17) is 13.9 Å². The van der Waals surface area contributed by atoms with Gasteiger partial charge in [0.25, 0.3) is 0 Å². The van der Waals surface area contributed by atoms with Gasteiger partial charge in [0.2, 0.25) is 11.8 Å². The van der Waals surface area contributed by atoms with Crippen molar-refractivity contribution in [2.75, 3.05) is 26.4 Å². The third-order valence-corrected chi connectivity index (χ3v) is 2.10. The Hall–Kier alpha value is -0.980. The molecule has 6 nitrogen and oxygen atoms in total. The van der Waals surface area contributed by atoms with E-state index in [2.05, 4.69) is 15.5 Å². The first kappa shape index (κ1) is 10.5. The summed E-state index contributed by atoms with van der Waals surface area (Å²) in [7, 11) is 0. The third kappa shape index (κ3) is 2.74. The van der Waals surface area contributed by atoms with Gasteiger partial charge in [-0.1, -0.05) is 6.92 Å². The highest BCUT2D eigenvalue weighted by molar-refractivity contribution is 4.87. The lowest BCUT2D eigenvalue weighted by Gasteiger charge is -2.19.